The molecule has 2 heteroatoms. The molecule has 0 aromatic heterocycles. The Bertz CT molecular complexity index is 334. The van der Waals surface area contributed by atoms with Crippen molar-refractivity contribution >= 4 is 0 Å². The van der Waals surface area contributed by atoms with Crippen LogP contribution in [0.25, 0.3) is 0 Å². The van der Waals surface area contributed by atoms with Crippen LogP contribution in [-0.4, -0.2) is 5.11 Å². The largest absolute Gasteiger partial charge is 0.508 e. The standard InChI is InChI=1S/C13H19FO/c1-4-6-10-7-12(14)11(8-13(10)15)9(3)5-2/h7-9,15H,4-6H2,1-3H3. The first kappa shape index (κ1) is 12.0. The van der Waals surface area contributed by atoms with Gasteiger partial charge in [-0.15, -0.1) is 0 Å². The normalized spacial score (nSPS) is 12.8. The fourth-order valence-electron chi connectivity index (χ4n) is 1.69. The van der Waals surface area contributed by atoms with Crippen LogP contribution in [0.3, 0.4) is 0 Å². The molecule has 1 N–H and O–H groups in total. The molecule has 0 spiro atoms. The first-order chi connectivity index (χ1) is 7.10. The van der Waals surface area contributed by atoms with Crippen LogP contribution in [-0.2, 0) is 6.42 Å². The van der Waals surface area contributed by atoms with E-state index in [9.17, 15) is 9.50 Å². The van der Waals surface area contributed by atoms with Crippen molar-refractivity contribution in [3.8, 4) is 5.75 Å². The molecule has 0 saturated carbocycles. The lowest BCUT2D eigenvalue weighted by Gasteiger charge is -2.13. The van der Waals surface area contributed by atoms with E-state index < -0.39 is 0 Å². The summed E-state index contributed by atoms with van der Waals surface area (Å²) in [5, 5.41) is 9.72. The van der Waals surface area contributed by atoms with Crippen molar-refractivity contribution in [3.05, 3.63) is 29.1 Å². The Hall–Kier alpha value is -1.05. The monoisotopic (exact) mass is 210 g/mol. The Morgan fingerprint density at radius 1 is 1.33 bits per heavy atom. The third-order valence-electron chi connectivity index (χ3n) is 2.86. The zero-order chi connectivity index (χ0) is 11.4. The van der Waals surface area contributed by atoms with Gasteiger partial charge in [0.2, 0.25) is 0 Å². The number of halogens is 1. The molecule has 1 nitrogen and oxygen atoms in total. The van der Waals surface area contributed by atoms with Crippen LogP contribution in [0.2, 0.25) is 0 Å². The molecule has 0 aliphatic carbocycles. The van der Waals surface area contributed by atoms with E-state index in [-0.39, 0.29) is 17.5 Å². The summed E-state index contributed by atoms with van der Waals surface area (Å²) < 4.78 is 13.7. The van der Waals surface area contributed by atoms with E-state index in [1.54, 1.807) is 6.07 Å². The van der Waals surface area contributed by atoms with Crippen molar-refractivity contribution in [2.45, 2.75) is 46.0 Å². The molecule has 0 heterocycles. The molecule has 0 aliphatic rings. The smallest absolute Gasteiger partial charge is 0.127 e. The van der Waals surface area contributed by atoms with Crippen molar-refractivity contribution in [2.24, 2.45) is 0 Å². The second-order valence-corrected chi connectivity index (χ2v) is 4.06. The van der Waals surface area contributed by atoms with Gasteiger partial charge in [-0.3, -0.25) is 0 Å². The van der Waals surface area contributed by atoms with E-state index in [0.717, 1.165) is 19.3 Å². The van der Waals surface area contributed by atoms with E-state index >= 15 is 0 Å². The van der Waals surface area contributed by atoms with Gasteiger partial charge < -0.3 is 5.11 Å². The van der Waals surface area contributed by atoms with Gasteiger partial charge in [0.1, 0.15) is 11.6 Å². The molecular formula is C13H19FO. The molecule has 1 unspecified atom stereocenters. The molecule has 0 radical (unpaired) electrons. The molecule has 1 aromatic carbocycles. The van der Waals surface area contributed by atoms with Crippen molar-refractivity contribution in [1.29, 1.82) is 0 Å². The number of hydrogen-bond acceptors (Lipinski definition) is 1. The van der Waals surface area contributed by atoms with E-state index in [1.165, 1.54) is 6.07 Å². The van der Waals surface area contributed by atoms with Crippen LogP contribution in [0.15, 0.2) is 12.1 Å². The average Bonchev–Trinajstić information content (AvgIpc) is 2.22. The van der Waals surface area contributed by atoms with E-state index in [4.69, 9.17) is 0 Å². The molecular weight excluding hydrogens is 191 g/mol. The molecule has 0 amide bonds. The van der Waals surface area contributed by atoms with Gasteiger partial charge in [-0.25, -0.2) is 4.39 Å². The summed E-state index contributed by atoms with van der Waals surface area (Å²) in [6.45, 7) is 6.00. The second-order valence-electron chi connectivity index (χ2n) is 4.06. The van der Waals surface area contributed by atoms with E-state index in [2.05, 4.69) is 0 Å². The predicted molar refractivity (Wildman–Crippen MR) is 60.8 cm³/mol. The SMILES string of the molecule is CCCc1cc(F)c(C(C)CC)cc1O. The summed E-state index contributed by atoms with van der Waals surface area (Å²) in [5.74, 6) is 0.200. The number of benzene rings is 1. The summed E-state index contributed by atoms with van der Waals surface area (Å²) in [5.41, 5.74) is 1.33. The maximum Gasteiger partial charge on any atom is 0.127 e. The highest BCUT2D eigenvalue weighted by atomic mass is 19.1. The highest BCUT2D eigenvalue weighted by molar-refractivity contribution is 5.38. The molecule has 15 heavy (non-hydrogen) atoms. The molecule has 0 saturated heterocycles. The number of phenols is 1. The van der Waals surface area contributed by atoms with Crippen molar-refractivity contribution in [1.82, 2.24) is 0 Å². The quantitative estimate of drug-likeness (QED) is 0.796. The van der Waals surface area contributed by atoms with Gasteiger partial charge in [-0.1, -0.05) is 27.2 Å². The maximum absolute atomic E-state index is 13.7. The highest BCUT2D eigenvalue weighted by Crippen LogP contribution is 2.29. The van der Waals surface area contributed by atoms with Gasteiger partial charge in [0, 0.05) is 0 Å². The Balaban J connectivity index is 3.07. The van der Waals surface area contributed by atoms with Gasteiger partial charge >= 0.3 is 0 Å². The summed E-state index contributed by atoms with van der Waals surface area (Å²) in [6, 6.07) is 3.05. The first-order valence-corrected chi connectivity index (χ1v) is 5.61. The van der Waals surface area contributed by atoms with Crippen molar-refractivity contribution in [3.63, 3.8) is 0 Å². The number of aryl methyl sites for hydroxylation is 1. The molecule has 84 valence electrons. The van der Waals surface area contributed by atoms with Gasteiger partial charge in [-0.05, 0) is 42.0 Å². The lowest BCUT2D eigenvalue weighted by molar-refractivity contribution is 0.461. The molecule has 1 rings (SSSR count). The van der Waals surface area contributed by atoms with Crippen molar-refractivity contribution in [2.75, 3.05) is 0 Å². The van der Waals surface area contributed by atoms with E-state index in [1.807, 2.05) is 20.8 Å². The van der Waals surface area contributed by atoms with Crippen LogP contribution in [0, 0.1) is 5.82 Å². The lowest BCUT2D eigenvalue weighted by Crippen LogP contribution is -1.98. The molecule has 0 aliphatic heterocycles. The topological polar surface area (TPSA) is 20.2 Å². The second kappa shape index (κ2) is 5.15. The molecule has 1 aromatic rings. The van der Waals surface area contributed by atoms with Crippen LogP contribution >= 0.6 is 0 Å². The Morgan fingerprint density at radius 3 is 2.53 bits per heavy atom. The van der Waals surface area contributed by atoms with Gasteiger partial charge in [0.25, 0.3) is 0 Å². The third-order valence-corrected chi connectivity index (χ3v) is 2.86. The minimum atomic E-state index is -0.189. The zero-order valence-electron chi connectivity index (χ0n) is 9.68. The van der Waals surface area contributed by atoms with Gasteiger partial charge in [0.05, 0.1) is 0 Å². The zero-order valence-corrected chi connectivity index (χ0v) is 9.68. The minimum Gasteiger partial charge on any atom is -0.508 e. The fraction of sp³-hybridized carbons (Fsp3) is 0.538. The summed E-state index contributed by atoms with van der Waals surface area (Å²) in [7, 11) is 0. The summed E-state index contributed by atoms with van der Waals surface area (Å²) >= 11 is 0. The van der Waals surface area contributed by atoms with Gasteiger partial charge in [0.15, 0.2) is 0 Å². The van der Waals surface area contributed by atoms with Crippen LogP contribution in [0.5, 0.6) is 5.75 Å². The number of phenolic OH excluding ortho intramolecular Hbond substituents is 1. The number of aromatic hydroxyl groups is 1. The van der Waals surface area contributed by atoms with Crippen LogP contribution in [0.4, 0.5) is 4.39 Å². The Kier molecular flexibility index (Phi) is 4.13. The minimum absolute atomic E-state index is 0.159. The third kappa shape index (κ3) is 2.71. The summed E-state index contributed by atoms with van der Waals surface area (Å²) in [6.07, 6.45) is 2.52. The van der Waals surface area contributed by atoms with Crippen molar-refractivity contribution < 1.29 is 9.50 Å². The highest BCUT2D eigenvalue weighted by Gasteiger charge is 2.13. The average molecular weight is 210 g/mol. The number of hydrogen-bond donors (Lipinski definition) is 1. The Morgan fingerprint density at radius 2 is 2.00 bits per heavy atom. The molecule has 0 bridgehead atoms. The van der Waals surface area contributed by atoms with Gasteiger partial charge in [-0.2, -0.15) is 0 Å². The molecule has 0 fully saturated rings. The first-order valence-electron chi connectivity index (χ1n) is 5.61. The summed E-state index contributed by atoms with van der Waals surface area (Å²) in [4.78, 5) is 0. The number of rotatable bonds is 4. The van der Waals surface area contributed by atoms with E-state index in [0.29, 0.717) is 11.1 Å². The predicted octanol–water partition coefficient (Wildman–Crippen LogP) is 4.00. The molecule has 1 atom stereocenters. The van der Waals surface area contributed by atoms with Crippen LogP contribution in [0.1, 0.15) is 50.7 Å². The fourth-order valence-corrected chi connectivity index (χ4v) is 1.69. The maximum atomic E-state index is 13.7. The Labute approximate surface area is 90.9 Å². The van der Waals surface area contributed by atoms with Crippen LogP contribution < -0.4 is 0 Å². The lowest BCUT2D eigenvalue weighted by atomic mass is 9.95.